The molecule has 3 aromatic rings. The van der Waals surface area contributed by atoms with E-state index in [1.54, 1.807) is 18.6 Å². The van der Waals surface area contributed by atoms with Gasteiger partial charge >= 0.3 is 0 Å². The molecule has 3 heterocycles. The number of pyridine rings is 3. The lowest BCUT2D eigenvalue weighted by Crippen LogP contribution is -2.14. The van der Waals surface area contributed by atoms with Crippen LogP contribution in [-0.4, -0.2) is 26.6 Å². The van der Waals surface area contributed by atoms with Gasteiger partial charge in [-0.2, -0.15) is 0 Å². The highest BCUT2D eigenvalue weighted by Crippen LogP contribution is 2.25. The number of carbonyl (C=O) groups is 2. The Morgan fingerprint density at radius 2 is 1.73 bits per heavy atom. The topological polar surface area (TPSA) is 98.8 Å². The van der Waals surface area contributed by atoms with Crippen molar-refractivity contribution in [1.82, 2.24) is 15.0 Å². The molecule has 0 saturated heterocycles. The second-order valence-electron chi connectivity index (χ2n) is 6.29. The first-order chi connectivity index (χ1) is 12.5. The Labute approximate surface area is 151 Å². The highest BCUT2D eigenvalue weighted by Gasteiger charge is 2.11. The maximum atomic E-state index is 12.0. The smallest absolute Gasteiger partial charge is 0.223 e. The largest absolute Gasteiger partial charge is 0.369 e. The fourth-order valence-electron chi connectivity index (χ4n) is 2.84. The van der Waals surface area contributed by atoms with Crippen molar-refractivity contribution in [2.75, 3.05) is 0 Å². The van der Waals surface area contributed by atoms with Crippen molar-refractivity contribution >= 4 is 22.5 Å². The molecule has 0 aromatic carbocycles. The molecule has 0 aliphatic rings. The predicted octanol–water partition coefficient (Wildman–Crippen LogP) is 3.01. The van der Waals surface area contributed by atoms with Crippen molar-refractivity contribution in [1.29, 1.82) is 0 Å². The second kappa shape index (κ2) is 7.39. The van der Waals surface area contributed by atoms with Crippen LogP contribution in [0.25, 0.3) is 22.0 Å². The van der Waals surface area contributed by atoms with Gasteiger partial charge in [-0.3, -0.25) is 24.5 Å². The number of rotatable bonds is 6. The summed E-state index contributed by atoms with van der Waals surface area (Å²) in [6.45, 7) is 3.92. The number of ketones is 1. The first-order valence-corrected chi connectivity index (χ1v) is 8.51. The van der Waals surface area contributed by atoms with E-state index in [-0.39, 0.29) is 12.2 Å². The van der Waals surface area contributed by atoms with Crippen molar-refractivity contribution in [2.24, 2.45) is 5.73 Å². The van der Waals surface area contributed by atoms with Crippen molar-refractivity contribution in [3.05, 3.63) is 53.7 Å². The number of aryl methyl sites for hydroxylation is 1. The summed E-state index contributed by atoms with van der Waals surface area (Å²) in [6.07, 6.45) is 6.56. The van der Waals surface area contributed by atoms with Crippen LogP contribution in [0.4, 0.5) is 0 Å². The van der Waals surface area contributed by atoms with Gasteiger partial charge in [0, 0.05) is 41.3 Å². The van der Waals surface area contributed by atoms with Gasteiger partial charge in [0.25, 0.3) is 0 Å². The molecule has 0 aliphatic heterocycles. The van der Waals surface area contributed by atoms with Gasteiger partial charge in [-0.05, 0) is 37.1 Å². The molecule has 0 fully saturated rings. The van der Waals surface area contributed by atoms with Gasteiger partial charge in [0.05, 0.1) is 17.8 Å². The second-order valence-corrected chi connectivity index (χ2v) is 6.29. The Kier molecular flexibility index (Phi) is 5.02. The monoisotopic (exact) mass is 348 g/mol. The van der Waals surface area contributed by atoms with Crippen LogP contribution in [-0.2, 0) is 11.2 Å². The summed E-state index contributed by atoms with van der Waals surface area (Å²) in [5.41, 5.74) is 8.92. The van der Waals surface area contributed by atoms with E-state index in [9.17, 15) is 9.59 Å². The number of primary amides is 1. The molecule has 0 saturated carbocycles. The van der Waals surface area contributed by atoms with Crippen LogP contribution in [0.1, 0.15) is 41.5 Å². The van der Waals surface area contributed by atoms with Crippen LogP contribution >= 0.6 is 0 Å². The number of nitrogens with zero attached hydrogens (tertiary/aromatic N) is 3. The molecule has 3 rings (SSSR count). The molecule has 0 atom stereocenters. The molecular weight excluding hydrogens is 328 g/mol. The van der Waals surface area contributed by atoms with Crippen molar-refractivity contribution in [3.63, 3.8) is 0 Å². The third-order valence-electron chi connectivity index (χ3n) is 4.16. The highest BCUT2D eigenvalue weighted by atomic mass is 16.1. The zero-order valence-corrected chi connectivity index (χ0v) is 14.8. The van der Waals surface area contributed by atoms with Crippen LogP contribution in [0.2, 0.25) is 0 Å². The Bertz CT molecular complexity index is 998. The summed E-state index contributed by atoms with van der Waals surface area (Å²) in [4.78, 5) is 36.1. The minimum Gasteiger partial charge on any atom is -0.369 e. The summed E-state index contributed by atoms with van der Waals surface area (Å²) in [5, 5.41) is 1.80. The number of hydrogen-bond acceptors (Lipinski definition) is 5. The SMILES string of the molecule is CCCC(=O)c1cc(C)c(-c2cc3cnc(CC(N)=O)cc3cn2)cn1. The average Bonchev–Trinajstić information content (AvgIpc) is 2.61. The molecule has 0 radical (unpaired) electrons. The summed E-state index contributed by atoms with van der Waals surface area (Å²) in [5.74, 6) is -0.361. The lowest BCUT2D eigenvalue weighted by molar-refractivity contribution is -0.117. The molecule has 1 amide bonds. The van der Waals surface area contributed by atoms with Gasteiger partial charge in [0.15, 0.2) is 5.78 Å². The van der Waals surface area contributed by atoms with Gasteiger partial charge in [0.1, 0.15) is 5.69 Å². The third kappa shape index (κ3) is 3.74. The minimum atomic E-state index is -0.416. The van der Waals surface area contributed by atoms with Gasteiger partial charge in [-0.1, -0.05) is 6.92 Å². The molecule has 6 heteroatoms. The minimum absolute atomic E-state index is 0.0554. The Morgan fingerprint density at radius 1 is 1.00 bits per heavy atom. The van der Waals surface area contributed by atoms with E-state index in [1.165, 1.54) is 0 Å². The number of amides is 1. The van der Waals surface area contributed by atoms with Crippen LogP contribution < -0.4 is 5.73 Å². The molecule has 0 unspecified atom stereocenters. The Balaban J connectivity index is 1.95. The van der Waals surface area contributed by atoms with Crippen molar-refractivity contribution in [3.8, 4) is 11.3 Å². The number of Topliss-reactive ketones (excluding diaryl/α,β-unsaturated/α-hetero) is 1. The normalized spacial score (nSPS) is 10.8. The molecule has 26 heavy (non-hydrogen) atoms. The fraction of sp³-hybridized carbons (Fsp3) is 0.250. The number of nitrogens with two attached hydrogens (primary N) is 1. The van der Waals surface area contributed by atoms with Gasteiger partial charge in [0.2, 0.25) is 5.91 Å². The van der Waals surface area contributed by atoms with Crippen LogP contribution in [0.5, 0.6) is 0 Å². The maximum absolute atomic E-state index is 12.0. The van der Waals surface area contributed by atoms with Crippen LogP contribution in [0, 0.1) is 6.92 Å². The summed E-state index contributed by atoms with van der Waals surface area (Å²) < 4.78 is 0. The maximum Gasteiger partial charge on any atom is 0.223 e. The van der Waals surface area contributed by atoms with Gasteiger partial charge in [-0.15, -0.1) is 0 Å². The number of carbonyl (C=O) groups excluding carboxylic acids is 2. The number of fused-ring (bicyclic) bond motifs is 1. The molecule has 0 bridgehead atoms. The molecule has 3 aromatic heterocycles. The lowest BCUT2D eigenvalue weighted by Gasteiger charge is -2.08. The predicted molar refractivity (Wildman–Crippen MR) is 99.6 cm³/mol. The average molecular weight is 348 g/mol. The zero-order chi connectivity index (χ0) is 18.7. The van der Waals surface area contributed by atoms with E-state index in [1.807, 2.05) is 32.0 Å². The quantitative estimate of drug-likeness (QED) is 0.690. The summed E-state index contributed by atoms with van der Waals surface area (Å²) in [7, 11) is 0. The fourth-order valence-corrected chi connectivity index (χ4v) is 2.84. The summed E-state index contributed by atoms with van der Waals surface area (Å²) >= 11 is 0. The van der Waals surface area contributed by atoms with E-state index >= 15 is 0 Å². The lowest BCUT2D eigenvalue weighted by atomic mass is 10.0. The van der Waals surface area contributed by atoms with Gasteiger partial charge < -0.3 is 5.73 Å². The van der Waals surface area contributed by atoms with E-state index < -0.39 is 5.91 Å². The standard InChI is InChI=1S/C20H20N4O2/c1-3-4-19(25)18-5-12(2)16(11-24-18)17-7-14-9-22-15(8-20(21)26)6-13(14)10-23-17/h5-7,9-11H,3-4,8H2,1-2H3,(H2,21,26). The van der Waals surface area contributed by atoms with E-state index in [4.69, 9.17) is 5.73 Å². The van der Waals surface area contributed by atoms with E-state index in [0.717, 1.165) is 34.0 Å². The highest BCUT2D eigenvalue weighted by molar-refractivity contribution is 5.95. The molecule has 6 nitrogen and oxygen atoms in total. The van der Waals surface area contributed by atoms with Crippen LogP contribution in [0.3, 0.4) is 0 Å². The molecule has 0 spiro atoms. The molecule has 132 valence electrons. The first-order valence-electron chi connectivity index (χ1n) is 8.51. The van der Waals surface area contributed by atoms with Crippen molar-refractivity contribution < 1.29 is 9.59 Å². The number of aromatic nitrogens is 3. The zero-order valence-electron chi connectivity index (χ0n) is 14.8. The Hall–Kier alpha value is -3.15. The van der Waals surface area contributed by atoms with E-state index in [2.05, 4.69) is 15.0 Å². The number of hydrogen-bond donors (Lipinski definition) is 1. The van der Waals surface area contributed by atoms with Gasteiger partial charge in [-0.25, -0.2) is 0 Å². The van der Waals surface area contributed by atoms with Crippen molar-refractivity contribution in [2.45, 2.75) is 33.1 Å². The molecule has 2 N–H and O–H groups in total. The molecule has 0 aliphatic carbocycles. The molecular formula is C20H20N4O2. The Morgan fingerprint density at radius 3 is 2.42 bits per heavy atom. The third-order valence-corrected chi connectivity index (χ3v) is 4.16. The summed E-state index contributed by atoms with van der Waals surface area (Å²) in [6, 6.07) is 5.55. The first kappa shape index (κ1) is 17.7. The van der Waals surface area contributed by atoms with Crippen LogP contribution in [0.15, 0.2) is 36.8 Å². The van der Waals surface area contributed by atoms with E-state index in [0.29, 0.717) is 17.8 Å².